The van der Waals surface area contributed by atoms with Crippen LogP contribution in [0.2, 0.25) is 0 Å². The van der Waals surface area contributed by atoms with Crippen molar-refractivity contribution in [2.45, 2.75) is 69.9 Å². The maximum atomic E-state index is 14.2. The third-order valence-electron chi connectivity index (χ3n) is 8.33. The van der Waals surface area contributed by atoms with Gasteiger partial charge >= 0.3 is 0 Å². The van der Waals surface area contributed by atoms with E-state index >= 15 is 0 Å². The van der Waals surface area contributed by atoms with Crippen molar-refractivity contribution in [1.82, 2.24) is 14.7 Å². The third kappa shape index (κ3) is 4.47. The van der Waals surface area contributed by atoms with Crippen molar-refractivity contribution in [2.75, 3.05) is 26.2 Å². The van der Waals surface area contributed by atoms with Crippen LogP contribution in [0.3, 0.4) is 0 Å². The molecule has 5 atom stereocenters. The average Bonchev–Trinajstić information content (AvgIpc) is 3.18. The monoisotopic (exact) mass is 521 g/mol. The van der Waals surface area contributed by atoms with E-state index in [1.54, 1.807) is 14.7 Å². The van der Waals surface area contributed by atoms with E-state index in [-0.39, 0.29) is 24.3 Å². The van der Waals surface area contributed by atoms with Crippen LogP contribution < -0.4 is 0 Å². The maximum absolute atomic E-state index is 14.2. The summed E-state index contributed by atoms with van der Waals surface area (Å²) in [5.74, 6) is -1.92. The Hall–Kier alpha value is -2.97. The van der Waals surface area contributed by atoms with Crippen LogP contribution in [0.15, 0.2) is 54.6 Å². The summed E-state index contributed by atoms with van der Waals surface area (Å²) in [7, 11) is 0. The molecule has 4 aliphatic heterocycles. The number of nitrogens with zero attached hydrogens (tertiary/aromatic N) is 3. The number of ether oxygens (including phenoxy) is 1. The van der Waals surface area contributed by atoms with Crippen LogP contribution in [0, 0.1) is 11.8 Å². The van der Waals surface area contributed by atoms with Gasteiger partial charge in [0.2, 0.25) is 17.7 Å². The normalized spacial score (nSPS) is 30.8. The lowest BCUT2D eigenvalue weighted by Gasteiger charge is -2.40. The molecule has 1 unspecified atom stereocenters. The summed E-state index contributed by atoms with van der Waals surface area (Å²) in [6, 6.07) is 9.00. The summed E-state index contributed by atoms with van der Waals surface area (Å²) < 4.78 is 6.70. The van der Waals surface area contributed by atoms with Crippen molar-refractivity contribution < 1.29 is 24.2 Å². The van der Waals surface area contributed by atoms with Gasteiger partial charge in [0.15, 0.2) is 0 Å². The largest absolute Gasteiger partial charge is 0.396 e. The van der Waals surface area contributed by atoms with Crippen LogP contribution in [0.1, 0.15) is 45.6 Å². The van der Waals surface area contributed by atoms with Gasteiger partial charge in [-0.1, -0.05) is 54.6 Å². The molecule has 204 valence electrons. The molecule has 3 amide bonds. The first kappa shape index (κ1) is 26.6. The van der Waals surface area contributed by atoms with E-state index in [4.69, 9.17) is 4.74 Å². The maximum Gasteiger partial charge on any atom is 0.249 e. The molecule has 5 rings (SSSR count). The Morgan fingerprint density at radius 2 is 1.74 bits per heavy atom. The third-order valence-corrected chi connectivity index (χ3v) is 8.33. The van der Waals surface area contributed by atoms with E-state index in [1.807, 2.05) is 75.4 Å². The lowest BCUT2D eigenvalue weighted by molar-refractivity contribution is -0.151. The molecule has 8 heteroatoms. The molecule has 1 aromatic carbocycles. The molecule has 0 radical (unpaired) electrons. The number of hydrogen-bond donors (Lipinski definition) is 1. The van der Waals surface area contributed by atoms with Crippen LogP contribution in [0.5, 0.6) is 0 Å². The number of rotatable bonds is 7. The topological polar surface area (TPSA) is 90.4 Å². The fraction of sp³-hybridized carbons (Fsp3) is 0.567. The van der Waals surface area contributed by atoms with E-state index in [2.05, 4.69) is 0 Å². The molecule has 2 saturated heterocycles. The lowest BCUT2D eigenvalue weighted by atomic mass is 9.77. The standard InChI is InChI=1S/C30H39N3O5/c1-29(2,3)33-18-11-15-30-24(27(36)32(25(30)28(33)37)17-8-5-9-19-34)23-22(38-30)14-10-16-31(26(23)35)20-21-12-6-4-7-13-21/h4,6-7,10-15,22-25,34H,5,8-9,16-20H2,1-3H3/t22-,23+,24+,25?,30+/m1/s1. The van der Waals surface area contributed by atoms with Gasteiger partial charge in [-0.3, -0.25) is 14.4 Å². The second-order valence-corrected chi connectivity index (χ2v) is 11.8. The molecular formula is C30H39N3O5. The predicted molar refractivity (Wildman–Crippen MR) is 143 cm³/mol. The summed E-state index contributed by atoms with van der Waals surface area (Å²) in [6.45, 7) is 7.76. The second-order valence-electron chi connectivity index (χ2n) is 11.8. The van der Waals surface area contributed by atoms with Crippen LogP contribution in [-0.4, -0.2) is 87.1 Å². The minimum Gasteiger partial charge on any atom is -0.396 e. The number of benzene rings is 1. The molecule has 4 heterocycles. The SMILES string of the molecule is CC(C)(C)N1CC=C[C@]23O[C@@H]4C=CCN(Cc5ccccc5)C(=O)[C@@H]4[C@H]2C(=O)N(CCCCCO)C3C1=O. The summed E-state index contributed by atoms with van der Waals surface area (Å²) in [5.41, 5.74) is -0.620. The Labute approximate surface area is 224 Å². The molecule has 4 aliphatic rings. The lowest BCUT2D eigenvalue weighted by Crippen LogP contribution is -2.58. The Balaban J connectivity index is 1.52. The van der Waals surface area contributed by atoms with Crippen molar-refractivity contribution in [1.29, 1.82) is 0 Å². The molecule has 0 aliphatic carbocycles. The Morgan fingerprint density at radius 3 is 2.45 bits per heavy atom. The first-order chi connectivity index (χ1) is 18.2. The number of carbonyl (C=O) groups is 3. The minimum atomic E-state index is -1.20. The second kappa shape index (κ2) is 10.3. The zero-order valence-electron chi connectivity index (χ0n) is 22.6. The highest BCUT2D eigenvalue weighted by Gasteiger charge is 2.71. The van der Waals surface area contributed by atoms with Gasteiger partial charge in [0.05, 0.1) is 17.9 Å². The zero-order valence-corrected chi connectivity index (χ0v) is 22.6. The van der Waals surface area contributed by atoms with E-state index in [0.717, 1.165) is 12.0 Å². The summed E-state index contributed by atoms with van der Waals surface area (Å²) in [5, 5.41) is 9.23. The molecule has 2 fully saturated rings. The molecule has 8 nitrogen and oxygen atoms in total. The van der Waals surface area contributed by atoms with Gasteiger partial charge in [-0.2, -0.15) is 0 Å². The fourth-order valence-corrected chi connectivity index (χ4v) is 6.55. The number of fused-ring (bicyclic) bond motifs is 2. The van der Waals surface area contributed by atoms with Gasteiger partial charge in [0.1, 0.15) is 11.6 Å². The number of amides is 3. The van der Waals surface area contributed by atoms with E-state index in [9.17, 15) is 19.5 Å². The van der Waals surface area contributed by atoms with Crippen LogP contribution in [0.25, 0.3) is 0 Å². The van der Waals surface area contributed by atoms with Crippen molar-refractivity contribution >= 4 is 17.7 Å². The van der Waals surface area contributed by atoms with Gasteiger partial charge in [-0.25, -0.2) is 0 Å². The van der Waals surface area contributed by atoms with Crippen molar-refractivity contribution in [3.05, 3.63) is 60.2 Å². The van der Waals surface area contributed by atoms with Gasteiger partial charge < -0.3 is 24.5 Å². The molecule has 0 saturated carbocycles. The van der Waals surface area contributed by atoms with E-state index in [0.29, 0.717) is 39.0 Å². The van der Waals surface area contributed by atoms with E-state index < -0.39 is 35.1 Å². The highest BCUT2D eigenvalue weighted by Crippen LogP contribution is 2.53. The van der Waals surface area contributed by atoms with Crippen molar-refractivity contribution in [2.24, 2.45) is 11.8 Å². The highest BCUT2D eigenvalue weighted by molar-refractivity contribution is 6.00. The molecule has 1 N–H and O–H groups in total. The van der Waals surface area contributed by atoms with Crippen LogP contribution in [0.4, 0.5) is 0 Å². The Kier molecular flexibility index (Phi) is 7.22. The molecule has 38 heavy (non-hydrogen) atoms. The fourth-order valence-electron chi connectivity index (χ4n) is 6.55. The smallest absolute Gasteiger partial charge is 0.249 e. The summed E-state index contributed by atoms with van der Waals surface area (Å²) in [4.78, 5) is 47.7. The predicted octanol–water partition coefficient (Wildman–Crippen LogP) is 2.53. The van der Waals surface area contributed by atoms with Gasteiger partial charge in [0.25, 0.3) is 0 Å². The zero-order chi connectivity index (χ0) is 27.1. The first-order valence-electron chi connectivity index (χ1n) is 13.8. The summed E-state index contributed by atoms with van der Waals surface area (Å²) >= 11 is 0. The summed E-state index contributed by atoms with van der Waals surface area (Å²) in [6.07, 6.45) is 9.16. The minimum absolute atomic E-state index is 0.0916. The highest BCUT2D eigenvalue weighted by atomic mass is 16.5. The number of aliphatic hydroxyl groups is 1. The van der Waals surface area contributed by atoms with Crippen LogP contribution in [-0.2, 0) is 25.7 Å². The molecule has 1 aromatic rings. The van der Waals surface area contributed by atoms with Crippen molar-refractivity contribution in [3.63, 3.8) is 0 Å². The van der Waals surface area contributed by atoms with Gasteiger partial charge in [-0.15, -0.1) is 0 Å². The van der Waals surface area contributed by atoms with E-state index in [1.165, 1.54) is 0 Å². The Morgan fingerprint density at radius 1 is 0.974 bits per heavy atom. The van der Waals surface area contributed by atoms with Gasteiger partial charge in [0, 0.05) is 38.3 Å². The number of aliphatic hydroxyl groups excluding tert-OH is 1. The van der Waals surface area contributed by atoms with Crippen molar-refractivity contribution in [3.8, 4) is 0 Å². The van der Waals surface area contributed by atoms with Gasteiger partial charge in [-0.05, 0) is 45.6 Å². The molecule has 1 spiro atoms. The first-order valence-corrected chi connectivity index (χ1v) is 13.8. The average molecular weight is 522 g/mol. The number of carbonyl (C=O) groups excluding carboxylic acids is 3. The Bertz CT molecular complexity index is 1130. The molecular weight excluding hydrogens is 482 g/mol. The number of hydrogen-bond acceptors (Lipinski definition) is 5. The molecule has 0 aromatic heterocycles. The quantitative estimate of drug-likeness (QED) is 0.440. The number of likely N-dealkylation sites (tertiary alicyclic amines) is 1. The molecule has 0 bridgehead atoms. The number of unbranched alkanes of at least 4 members (excludes halogenated alkanes) is 2. The van der Waals surface area contributed by atoms with Crippen LogP contribution >= 0.6 is 0 Å².